The maximum atomic E-state index is 3.72. The minimum Gasteiger partial charge on any atom is -0.0622 e. The van der Waals surface area contributed by atoms with Gasteiger partial charge >= 0.3 is 0 Å². The maximum absolute atomic E-state index is 3.72. The summed E-state index contributed by atoms with van der Waals surface area (Å²) in [4.78, 5) is 0. The van der Waals surface area contributed by atoms with Crippen LogP contribution in [0.3, 0.4) is 0 Å². The molecule has 2 aliphatic carbocycles. The summed E-state index contributed by atoms with van der Waals surface area (Å²) in [5.41, 5.74) is 9.03. The van der Waals surface area contributed by atoms with Crippen molar-refractivity contribution in [2.75, 3.05) is 0 Å². The minimum atomic E-state index is 0.712. The van der Waals surface area contributed by atoms with E-state index in [-0.39, 0.29) is 0 Å². The average Bonchev–Trinajstić information content (AvgIpc) is 2.38. The van der Waals surface area contributed by atoms with Crippen molar-refractivity contribution in [2.24, 2.45) is 0 Å². The lowest BCUT2D eigenvalue weighted by Crippen LogP contribution is -2.26. The third-order valence-corrected chi connectivity index (χ3v) is 4.61. The van der Waals surface area contributed by atoms with Crippen LogP contribution >= 0.6 is 0 Å². The van der Waals surface area contributed by atoms with E-state index in [1.165, 1.54) is 29.5 Å². The van der Waals surface area contributed by atoms with Crippen molar-refractivity contribution in [3.63, 3.8) is 0 Å². The molecule has 0 bridgehead atoms. The molecule has 1 radical (unpaired) electrons. The first-order valence-electron chi connectivity index (χ1n) is 6.92. The molecule has 0 fully saturated rings. The van der Waals surface area contributed by atoms with Crippen molar-refractivity contribution in [1.29, 1.82) is 0 Å². The van der Waals surface area contributed by atoms with E-state index in [2.05, 4.69) is 50.2 Å². The largest absolute Gasteiger partial charge is 0.0622 e. The van der Waals surface area contributed by atoms with E-state index in [9.17, 15) is 0 Å². The second-order valence-electron chi connectivity index (χ2n) is 5.86. The topological polar surface area (TPSA) is 0 Å². The Bertz CT molecular complexity index is 622. The van der Waals surface area contributed by atoms with Gasteiger partial charge in [-0.3, -0.25) is 0 Å². The van der Waals surface area contributed by atoms with Crippen LogP contribution in [0.1, 0.15) is 47.9 Å². The normalized spacial score (nSPS) is 23.7. The SMILES string of the molecule is CC1Cc2c1[c]c(-c1ccccc1)c1c2CC1C. The summed E-state index contributed by atoms with van der Waals surface area (Å²) in [7, 11) is 0. The van der Waals surface area contributed by atoms with Crippen molar-refractivity contribution in [3.8, 4) is 11.1 Å². The lowest BCUT2D eigenvalue weighted by molar-refractivity contribution is 0.597. The molecule has 0 aromatic heterocycles. The van der Waals surface area contributed by atoms with E-state index in [0.29, 0.717) is 11.8 Å². The van der Waals surface area contributed by atoms with Gasteiger partial charge < -0.3 is 0 Å². The molecule has 0 saturated heterocycles. The Hall–Kier alpha value is -1.56. The van der Waals surface area contributed by atoms with Gasteiger partial charge in [-0.25, -0.2) is 0 Å². The number of fused-ring (bicyclic) bond motifs is 3. The monoisotopic (exact) mass is 233 g/mol. The third-order valence-electron chi connectivity index (χ3n) is 4.61. The third kappa shape index (κ3) is 1.21. The predicted octanol–water partition coefficient (Wildman–Crippen LogP) is 4.47. The number of rotatable bonds is 1. The van der Waals surface area contributed by atoms with E-state index in [4.69, 9.17) is 0 Å². The van der Waals surface area contributed by atoms with Crippen LogP contribution in [0, 0.1) is 6.07 Å². The Morgan fingerprint density at radius 3 is 2.33 bits per heavy atom. The van der Waals surface area contributed by atoms with Gasteiger partial charge in [-0.1, -0.05) is 44.2 Å². The summed E-state index contributed by atoms with van der Waals surface area (Å²) in [6.45, 7) is 4.67. The van der Waals surface area contributed by atoms with Gasteiger partial charge in [-0.05, 0) is 64.1 Å². The van der Waals surface area contributed by atoms with Gasteiger partial charge in [0.25, 0.3) is 0 Å². The molecule has 2 aliphatic rings. The molecule has 0 amide bonds. The van der Waals surface area contributed by atoms with Gasteiger partial charge in [-0.15, -0.1) is 0 Å². The van der Waals surface area contributed by atoms with Gasteiger partial charge in [0.1, 0.15) is 0 Å². The molecule has 0 heteroatoms. The molecule has 18 heavy (non-hydrogen) atoms. The molecule has 0 saturated carbocycles. The highest BCUT2D eigenvalue weighted by molar-refractivity contribution is 5.75. The van der Waals surface area contributed by atoms with Crippen molar-refractivity contribution in [2.45, 2.75) is 38.5 Å². The molecule has 0 N–H and O–H groups in total. The zero-order valence-corrected chi connectivity index (χ0v) is 11.0. The smallest absolute Gasteiger partial charge is 0.00553 e. The van der Waals surface area contributed by atoms with Gasteiger partial charge in [-0.2, -0.15) is 0 Å². The molecular weight excluding hydrogens is 216 g/mol. The van der Waals surface area contributed by atoms with Crippen LogP contribution in [-0.4, -0.2) is 0 Å². The van der Waals surface area contributed by atoms with Crippen LogP contribution in [0.4, 0.5) is 0 Å². The molecule has 4 rings (SSSR count). The number of hydrogen-bond donors (Lipinski definition) is 0. The van der Waals surface area contributed by atoms with Crippen LogP contribution in [0.5, 0.6) is 0 Å². The van der Waals surface area contributed by atoms with Gasteiger partial charge in [0.05, 0.1) is 0 Å². The molecule has 0 aliphatic heterocycles. The average molecular weight is 233 g/mol. The molecule has 2 atom stereocenters. The van der Waals surface area contributed by atoms with Gasteiger partial charge in [0, 0.05) is 0 Å². The fraction of sp³-hybridized carbons (Fsp3) is 0.333. The van der Waals surface area contributed by atoms with E-state index in [1.54, 1.807) is 16.7 Å². The molecule has 2 unspecified atom stereocenters. The predicted molar refractivity (Wildman–Crippen MR) is 75.0 cm³/mol. The summed E-state index contributed by atoms with van der Waals surface area (Å²) in [6, 6.07) is 14.5. The zero-order chi connectivity index (χ0) is 12.3. The van der Waals surface area contributed by atoms with E-state index in [1.807, 2.05) is 0 Å². The first-order valence-corrected chi connectivity index (χ1v) is 6.92. The fourth-order valence-electron chi connectivity index (χ4n) is 3.57. The first-order chi connectivity index (χ1) is 8.75. The van der Waals surface area contributed by atoms with Crippen LogP contribution in [0.15, 0.2) is 30.3 Å². The highest BCUT2D eigenvalue weighted by Crippen LogP contribution is 2.50. The summed E-state index contributed by atoms with van der Waals surface area (Å²) in [5, 5.41) is 0. The zero-order valence-electron chi connectivity index (χ0n) is 11.0. The number of benzene rings is 2. The second-order valence-corrected chi connectivity index (χ2v) is 5.86. The van der Waals surface area contributed by atoms with Crippen LogP contribution in [0.2, 0.25) is 0 Å². The van der Waals surface area contributed by atoms with E-state index in [0.717, 1.165) is 0 Å². The van der Waals surface area contributed by atoms with E-state index < -0.39 is 0 Å². The quantitative estimate of drug-likeness (QED) is 0.681. The molecule has 0 heterocycles. The molecule has 2 aromatic carbocycles. The summed E-state index contributed by atoms with van der Waals surface area (Å²) in [6.07, 6.45) is 2.55. The Morgan fingerprint density at radius 2 is 1.67 bits per heavy atom. The Morgan fingerprint density at radius 1 is 0.944 bits per heavy atom. The molecule has 0 nitrogen and oxygen atoms in total. The van der Waals surface area contributed by atoms with Crippen LogP contribution < -0.4 is 0 Å². The molecule has 2 aromatic rings. The highest BCUT2D eigenvalue weighted by Gasteiger charge is 2.35. The summed E-state index contributed by atoms with van der Waals surface area (Å²) in [5.74, 6) is 1.43. The van der Waals surface area contributed by atoms with Crippen molar-refractivity contribution < 1.29 is 0 Å². The second kappa shape index (κ2) is 3.47. The molecular formula is C18H17. The minimum absolute atomic E-state index is 0.712. The van der Waals surface area contributed by atoms with Gasteiger partial charge in [0.15, 0.2) is 0 Å². The Kier molecular flexibility index (Phi) is 2.00. The first kappa shape index (κ1) is 10.4. The molecule has 89 valence electrons. The van der Waals surface area contributed by atoms with Crippen LogP contribution in [-0.2, 0) is 12.8 Å². The van der Waals surface area contributed by atoms with Crippen LogP contribution in [0.25, 0.3) is 11.1 Å². The van der Waals surface area contributed by atoms with Crippen molar-refractivity contribution >= 4 is 0 Å². The summed E-state index contributed by atoms with van der Waals surface area (Å²) >= 11 is 0. The Labute approximate surface area is 109 Å². The van der Waals surface area contributed by atoms with Crippen molar-refractivity contribution in [3.05, 3.63) is 58.7 Å². The Balaban J connectivity index is 1.96. The summed E-state index contributed by atoms with van der Waals surface area (Å²) < 4.78 is 0. The fourth-order valence-corrected chi connectivity index (χ4v) is 3.57. The highest BCUT2D eigenvalue weighted by atomic mass is 14.4. The lowest BCUT2D eigenvalue weighted by atomic mass is 9.64. The standard InChI is InChI=1S/C18H17/c1-11-8-16-14(11)10-15(13-6-4-3-5-7-13)18-12(2)9-17(16)18/h3-7,11-12H,8-9H2,1-2H3. The maximum Gasteiger partial charge on any atom is -0.00553 e. The number of hydrogen-bond acceptors (Lipinski definition) is 0. The van der Waals surface area contributed by atoms with E-state index >= 15 is 0 Å². The van der Waals surface area contributed by atoms with Gasteiger partial charge in [0.2, 0.25) is 0 Å². The molecule has 0 spiro atoms. The lowest BCUT2D eigenvalue weighted by Gasteiger charge is -2.40. The van der Waals surface area contributed by atoms with Crippen molar-refractivity contribution in [1.82, 2.24) is 0 Å².